The van der Waals surface area contributed by atoms with Crippen molar-refractivity contribution in [3.63, 3.8) is 0 Å². The summed E-state index contributed by atoms with van der Waals surface area (Å²) in [6.45, 7) is 0.394. The Bertz CT molecular complexity index is 957. The summed E-state index contributed by atoms with van der Waals surface area (Å²) in [7, 11) is 1.50. The average Bonchev–Trinajstić information content (AvgIpc) is 3.15. The number of rotatable bonds is 6. The Labute approximate surface area is 160 Å². The Kier molecular flexibility index (Phi) is 5.73. The van der Waals surface area contributed by atoms with Crippen molar-refractivity contribution in [1.29, 1.82) is 0 Å². The summed E-state index contributed by atoms with van der Waals surface area (Å²) < 4.78 is 5.06. The van der Waals surface area contributed by atoms with Crippen LogP contribution in [0.3, 0.4) is 0 Å². The lowest BCUT2D eigenvalue weighted by molar-refractivity contribution is 0.0945. The predicted octanol–water partition coefficient (Wildman–Crippen LogP) is 3.25. The van der Waals surface area contributed by atoms with Crippen LogP contribution >= 0.6 is 11.6 Å². The maximum atomic E-state index is 12.3. The SMILES string of the molecule is COc1ccc(C(=O)Nc2cc(C(=O)NCc3ccccc3)[nH]n2)cc1Cl. The van der Waals surface area contributed by atoms with Gasteiger partial charge in [-0.15, -0.1) is 0 Å². The van der Waals surface area contributed by atoms with Gasteiger partial charge in [-0.25, -0.2) is 0 Å². The van der Waals surface area contributed by atoms with Gasteiger partial charge in [0, 0.05) is 18.2 Å². The van der Waals surface area contributed by atoms with E-state index in [-0.39, 0.29) is 17.4 Å². The molecule has 8 heteroatoms. The summed E-state index contributed by atoms with van der Waals surface area (Å²) in [4.78, 5) is 24.5. The number of nitrogens with zero attached hydrogens (tertiary/aromatic N) is 1. The summed E-state index contributed by atoms with van der Waals surface area (Å²) in [6.07, 6.45) is 0. The van der Waals surface area contributed by atoms with E-state index in [1.165, 1.54) is 19.2 Å². The highest BCUT2D eigenvalue weighted by atomic mass is 35.5. The van der Waals surface area contributed by atoms with Gasteiger partial charge < -0.3 is 15.4 Å². The van der Waals surface area contributed by atoms with Gasteiger partial charge in [-0.05, 0) is 23.8 Å². The molecule has 3 aromatic rings. The molecule has 3 rings (SSSR count). The molecule has 0 bridgehead atoms. The van der Waals surface area contributed by atoms with Crippen LogP contribution in [0.5, 0.6) is 5.75 Å². The fourth-order valence-electron chi connectivity index (χ4n) is 2.37. The number of benzene rings is 2. The minimum Gasteiger partial charge on any atom is -0.495 e. The Balaban J connectivity index is 1.61. The highest BCUT2D eigenvalue weighted by Crippen LogP contribution is 2.25. The van der Waals surface area contributed by atoms with Gasteiger partial charge in [0.25, 0.3) is 11.8 Å². The first kappa shape index (κ1) is 18.5. The van der Waals surface area contributed by atoms with Crippen molar-refractivity contribution in [2.24, 2.45) is 0 Å². The van der Waals surface area contributed by atoms with Crippen molar-refractivity contribution in [3.05, 3.63) is 76.4 Å². The number of nitrogens with one attached hydrogen (secondary N) is 3. The standard InChI is InChI=1S/C19H17ClN4O3/c1-27-16-8-7-13(9-14(16)20)18(25)22-17-10-15(23-24-17)19(26)21-11-12-5-3-2-4-6-12/h2-10H,11H2,1H3,(H,21,26)(H2,22,23,24,25). The first-order chi connectivity index (χ1) is 13.1. The van der Waals surface area contributed by atoms with Crippen LogP contribution in [-0.4, -0.2) is 29.1 Å². The number of H-pyrrole nitrogens is 1. The third-order valence-electron chi connectivity index (χ3n) is 3.77. The predicted molar refractivity (Wildman–Crippen MR) is 102 cm³/mol. The summed E-state index contributed by atoms with van der Waals surface area (Å²) in [6, 6.07) is 15.7. The van der Waals surface area contributed by atoms with E-state index in [1.807, 2.05) is 30.3 Å². The van der Waals surface area contributed by atoms with Crippen molar-refractivity contribution in [1.82, 2.24) is 15.5 Å². The van der Waals surface area contributed by atoms with Crippen LogP contribution in [0.2, 0.25) is 5.02 Å². The molecule has 0 radical (unpaired) electrons. The normalized spacial score (nSPS) is 10.3. The number of hydrogen-bond acceptors (Lipinski definition) is 4. The zero-order chi connectivity index (χ0) is 19.2. The zero-order valence-corrected chi connectivity index (χ0v) is 15.2. The highest BCUT2D eigenvalue weighted by Gasteiger charge is 2.14. The number of halogens is 1. The molecule has 0 unspecified atom stereocenters. The molecule has 0 saturated heterocycles. The smallest absolute Gasteiger partial charge is 0.269 e. The van der Waals surface area contributed by atoms with Gasteiger partial charge in [-0.1, -0.05) is 41.9 Å². The third-order valence-corrected chi connectivity index (χ3v) is 4.07. The molecule has 3 N–H and O–H groups in total. The number of aromatic amines is 1. The second-order valence-electron chi connectivity index (χ2n) is 5.64. The molecule has 138 valence electrons. The number of hydrogen-bond donors (Lipinski definition) is 3. The minimum atomic E-state index is -0.401. The molecule has 0 atom stereocenters. The molecule has 0 fully saturated rings. The lowest BCUT2D eigenvalue weighted by Gasteiger charge is -2.05. The number of anilines is 1. The largest absolute Gasteiger partial charge is 0.495 e. The Morgan fingerprint density at radius 2 is 1.89 bits per heavy atom. The van der Waals surface area contributed by atoms with Crippen molar-refractivity contribution in [2.45, 2.75) is 6.54 Å². The van der Waals surface area contributed by atoms with Crippen LogP contribution in [0.25, 0.3) is 0 Å². The molecule has 2 amide bonds. The number of amides is 2. The van der Waals surface area contributed by atoms with Crippen molar-refractivity contribution in [3.8, 4) is 5.75 Å². The van der Waals surface area contributed by atoms with Crippen molar-refractivity contribution >= 4 is 29.2 Å². The fourth-order valence-corrected chi connectivity index (χ4v) is 2.63. The highest BCUT2D eigenvalue weighted by molar-refractivity contribution is 6.32. The Morgan fingerprint density at radius 3 is 2.59 bits per heavy atom. The van der Waals surface area contributed by atoms with Crippen LogP contribution in [0.15, 0.2) is 54.6 Å². The van der Waals surface area contributed by atoms with Gasteiger partial charge in [0.15, 0.2) is 5.82 Å². The van der Waals surface area contributed by atoms with E-state index in [1.54, 1.807) is 12.1 Å². The molecule has 2 aromatic carbocycles. The van der Waals surface area contributed by atoms with E-state index < -0.39 is 5.91 Å². The summed E-state index contributed by atoms with van der Waals surface area (Å²) >= 11 is 6.03. The van der Waals surface area contributed by atoms with Crippen LogP contribution in [0.4, 0.5) is 5.82 Å². The van der Waals surface area contributed by atoms with Gasteiger partial charge in [-0.3, -0.25) is 14.7 Å². The molecule has 0 saturated carbocycles. The van der Waals surface area contributed by atoms with Gasteiger partial charge in [0.05, 0.1) is 12.1 Å². The number of ether oxygens (including phenoxy) is 1. The van der Waals surface area contributed by atoms with Gasteiger partial charge in [0.2, 0.25) is 0 Å². The Morgan fingerprint density at radius 1 is 1.11 bits per heavy atom. The summed E-state index contributed by atoms with van der Waals surface area (Å²) in [5.41, 5.74) is 1.57. The van der Waals surface area contributed by atoms with E-state index in [0.29, 0.717) is 22.9 Å². The molecule has 0 aliphatic carbocycles. The first-order valence-corrected chi connectivity index (χ1v) is 8.47. The molecular formula is C19H17ClN4O3. The monoisotopic (exact) mass is 384 g/mol. The van der Waals surface area contributed by atoms with E-state index in [9.17, 15) is 9.59 Å². The van der Waals surface area contributed by atoms with Crippen LogP contribution < -0.4 is 15.4 Å². The van der Waals surface area contributed by atoms with Crippen LogP contribution in [-0.2, 0) is 6.54 Å². The van der Waals surface area contributed by atoms with E-state index in [0.717, 1.165) is 5.56 Å². The summed E-state index contributed by atoms with van der Waals surface area (Å²) in [5, 5.41) is 12.3. The second-order valence-corrected chi connectivity index (χ2v) is 6.05. The second kappa shape index (κ2) is 8.37. The number of carbonyl (C=O) groups is 2. The van der Waals surface area contributed by atoms with Gasteiger partial charge >= 0.3 is 0 Å². The van der Waals surface area contributed by atoms with Crippen LogP contribution in [0, 0.1) is 0 Å². The topological polar surface area (TPSA) is 96.1 Å². The Hall–Kier alpha value is -3.32. The first-order valence-electron chi connectivity index (χ1n) is 8.09. The molecule has 27 heavy (non-hydrogen) atoms. The van der Waals surface area contributed by atoms with Gasteiger partial charge in [-0.2, -0.15) is 5.10 Å². The lowest BCUT2D eigenvalue weighted by atomic mass is 10.2. The van der Waals surface area contributed by atoms with E-state index in [4.69, 9.17) is 16.3 Å². The molecule has 0 spiro atoms. The minimum absolute atomic E-state index is 0.233. The molecule has 1 aromatic heterocycles. The molecule has 7 nitrogen and oxygen atoms in total. The van der Waals surface area contributed by atoms with Crippen molar-refractivity contribution < 1.29 is 14.3 Å². The number of methoxy groups -OCH3 is 1. The third kappa shape index (κ3) is 4.65. The number of carbonyl (C=O) groups excluding carboxylic acids is 2. The number of aromatic nitrogens is 2. The van der Waals surface area contributed by atoms with Crippen molar-refractivity contribution in [2.75, 3.05) is 12.4 Å². The lowest BCUT2D eigenvalue weighted by Crippen LogP contribution is -2.23. The average molecular weight is 385 g/mol. The molecule has 0 aliphatic rings. The van der Waals surface area contributed by atoms with E-state index in [2.05, 4.69) is 20.8 Å². The molecular weight excluding hydrogens is 368 g/mol. The summed E-state index contributed by atoms with van der Waals surface area (Å²) in [5.74, 6) is -0.0104. The van der Waals surface area contributed by atoms with Crippen LogP contribution in [0.1, 0.15) is 26.4 Å². The molecule has 1 heterocycles. The maximum Gasteiger partial charge on any atom is 0.269 e. The quantitative estimate of drug-likeness (QED) is 0.607. The van der Waals surface area contributed by atoms with E-state index >= 15 is 0 Å². The zero-order valence-electron chi connectivity index (χ0n) is 14.5. The fraction of sp³-hybridized carbons (Fsp3) is 0.105. The van der Waals surface area contributed by atoms with Gasteiger partial charge in [0.1, 0.15) is 11.4 Å². The molecule has 0 aliphatic heterocycles. The maximum absolute atomic E-state index is 12.3.